The van der Waals surface area contributed by atoms with Gasteiger partial charge in [-0.1, -0.05) is 26.8 Å². The van der Waals surface area contributed by atoms with Crippen molar-refractivity contribution in [2.24, 2.45) is 5.41 Å². The first kappa shape index (κ1) is 21.4. The van der Waals surface area contributed by atoms with Gasteiger partial charge in [0.25, 0.3) is 0 Å². The van der Waals surface area contributed by atoms with Crippen LogP contribution in [0.4, 0.5) is 4.39 Å². The largest absolute Gasteiger partial charge is 0.496 e. The van der Waals surface area contributed by atoms with Crippen LogP contribution >= 0.6 is 24.8 Å². The maximum atomic E-state index is 13.4. The molecule has 1 aromatic carbocycles. The molecule has 0 saturated carbocycles. The minimum absolute atomic E-state index is 0. The highest BCUT2D eigenvalue weighted by Crippen LogP contribution is 2.42. The van der Waals surface area contributed by atoms with Crippen LogP contribution in [0.15, 0.2) is 18.2 Å². The Hall–Kier alpha value is -0.550. The van der Waals surface area contributed by atoms with E-state index in [1.165, 1.54) is 12.1 Å². The van der Waals surface area contributed by atoms with Gasteiger partial charge in [-0.05, 0) is 11.5 Å². The third kappa shape index (κ3) is 4.98. The second-order valence-electron chi connectivity index (χ2n) is 6.44. The second-order valence-corrected chi connectivity index (χ2v) is 6.44. The fourth-order valence-corrected chi connectivity index (χ4v) is 3.06. The van der Waals surface area contributed by atoms with E-state index in [0.717, 1.165) is 31.7 Å². The lowest BCUT2D eigenvalue weighted by Gasteiger charge is -2.43. The summed E-state index contributed by atoms with van der Waals surface area (Å²) in [6, 6.07) is 5.10. The molecule has 0 radical (unpaired) electrons. The Morgan fingerprint density at radius 1 is 1.18 bits per heavy atom. The standard InChI is InChI=1S/C16H25FN2O.2ClH/c1-16(2,3)15(19-9-7-18-8-10-19)13-6-5-12(17)11-14(13)20-4;;/h5-6,11,15,18H,7-10H2,1-4H3;2*1H/t15-;;/m0../s1. The summed E-state index contributed by atoms with van der Waals surface area (Å²) in [5.41, 5.74) is 1.13. The van der Waals surface area contributed by atoms with Crippen molar-refractivity contribution >= 4 is 24.8 Å². The fourth-order valence-electron chi connectivity index (χ4n) is 3.06. The maximum Gasteiger partial charge on any atom is 0.126 e. The van der Waals surface area contributed by atoms with Gasteiger partial charge in [0.2, 0.25) is 0 Å². The molecule has 1 N–H and O–H groups in total. The lowest BCUT2D eigenvalue weighted by Crippen LogP contribution is -2.48. The molecule has 22 heavy (non-hydrogen) atoms. The predicted octanol–water partition coefficient (Wildman–Crippen LogP) is 3.67. The van der Waals surface area contributed by atoms with E-state index in [2.05, 4.69) is 31.0 Å². The van der Waals surface area contributed by atoms with Crippen LogP contribution in [0.5, 0.6) is 5.75 Å². The number of hydrogen-bond acceptors (Lipinski definition) is 3. The lowest BCUT2D eigenvalue weighted by molar-refractivity contribution is 0.0841. The van der Waals surface area contributed by atoms with Crippen LogP contribution in [0, 0.1) is 11.2 Å². The quantitative estimate of drug-likeness (QED) is 0.897. The van der Waals surface area contributed by atoms with Crippen molar-refractivity contribution in [2.45, 2.75) is 26.8 Å². The van der Waals surface area contributed by atoms with Crippen LogP contribution in [-0.4, -0.2) is 38.2 Å². The first-order chi connectivity index (χ1) is 9.43. The highest BCUT2D eigenvalue weighted by Gasteiger charge is 2.34. The summed E-state index contributed by atoms with van der Waals surface area (Å²) in [5, 5.41) is 3.38. The molecule has 2 rings (SSSR count). The lowest BCUT2D eigenvalue weighted by atomic mass is 9.80. The number of hydrogen-bond donors (Lipinski definition) is 1. The van der Waals surface area contributed by atoms with Gasteiger partial charge in [0.15, 0.2) is 0 Å². The van der Waals surface area contributed by atoms with Crippen LogP contribution in [0.25, 0.3) is 0 Å². The van der Waals surface area contributed by atoms with Crippen LogP contribution in [0.2, 0.25) is 0 Å². The Kier molecular flexibility index (Phi) is 8.70. The van der Waals surface area contributed by atoms with Crippen LogP contribution in [0.1, 0.15) is 32.4 Å². The first-order valence-electron chi connectivity index (χ1n) is 7.21. The summed E-state index contributed by atoms with van der Waals surface area (Å²) in [7, 11) is 1.61. The SMILES string of the molecule is COc1cc(F)ccc1[C@H](N1CCNCC1)C(C)(C)C.Cl.Cl. The second kappa shape index (κ2) is 8.92. The predicted molar refractivity (Wildman–Crippen MR) is 94.1 cm³/mol. The van der Waals surface area contributed by atoms with Gasteiger partial charge >= 0.3 is 0 Å². The minimum atomic E-state index is -0.251. The van der Waals surface area contributed by atoms with Crippen LogP contribution < -0.4 is 10.1 Å². The molecular weight excluding hydrogens is 326 g/mol. The maximum absolute atomic E-state index is 13.4. The molecule has 6 heteroatoms. The van der Waals surface area contributed by atoms with Crippen molar-refractivity contribution in [1.29, 1.82) is 0 Å². The van der Waals surface area contributed by atoms with E-state index >= 15 is 0 Å². The van der Waals surface area contributed by atoms with Crippen LogP contribution in [-0.2, 0) is 0 Å². The molecule has 0 amide bonds. The fraction of sp³-hybridized carbons (Fsp3) is 0.625. The summed E-state index contributed by atoms with van der Waals surface area (Å²) in [6.45, 7) is 10.7. The molecule has 0 aromatic heterocycles. The summed E-state index contributed by atoms with van der Waals surface area (Å²) in [5.74, 6) is 0.391. The van der Waals surface area contributed by atoms with Crippen molar-refractivity contribution in [1.82, 2.24) is 10.2 Å². The molecule has 3 nitrogen and oxygen atoms in total. The molecule has 1 fully saturated rings. The Bertz CT molecular complexity index is 460. The number of ether oxygens (including phenoxy) is 1. The zero-order chi connectivity index (χ0) is 14.8. The summed E-state index contributed by atoms with van der Waals surface area (Å²) < 4.78 is 18.8. The van der Waals surface area contributed by atoms with Crippen molar-refractivity contribution in [3.05, 3.63) is 29.6 Å². The average molecular weight is 353 g/mol. The number of nitrogens with one attached hydrogen (secondary N) is 1. The van der Waals surface area contributed by atoms with E-state index in [1.807, 2.05) is 6.07 Å². The molecule has 0 spiro atoms. The topological polar surface area (TPSA) is 24.5 Å². The highest BCUT2D eigenvalue weighted by molar-refractivity contribution is 5.85. The number of rotatable bonds is 3. The molecule has 1 aromatic rings. The summed E-state index contributed by atoms with van der Waals surface area (Å²) in [6.07, 6.45) is 0. The van der Waals surface area contributed by atoms with E-state index in [1.54, 1.807) is 7.11 Å². The van der Waals surface area contributed by atoms with E-state index in [-0.39, 0.29) is 42.1 Å². The number of piperazine rings is 1. The third-order valence-corrected chi connectivity index (χ3v) is 3.83. The molecule has 1 aliphatic heterocycles. The molecule has 0 unspecified atom stereocenters. The molecule has 1 aliphatic rings. The van der Waals surface area contributed by atoms with Gasteiger partial charge < -0.3 is 10.1 Å². The van der Waals surface area contributed by atoms with E-state index in [4.69, 9.17) is 4.74 Å². The molecule has 0 bridgehead atoms. The molecule has 1 saturated heterocycles. The van der Waals surface area contributed by atoms with Crippen molar-refractivity contribution in [2.75, 3.05) is 33.3 Å². The molecule has 128 valence electrons. The van der Waals surface area contributed by atoms with E-state index < -0.39 is 0 Å². The zero-order valence-corrected chi connectivity index (χ0v) is 15.3. The monoisotopic (exact) mass is 352 g/mol. The van der Waals surface area contributed by atoms with E-state index in [0.29, 0.717) is 5.75 Å². The minimum Gasteiger partial charge on any atom is -0.496 e. The number of methoxy groups -OCH3 is 1. The van der Waals surface area contributed by atoms with Crippen molar-refractivity contribution < 1.29 is 9.13 Å². The highest BCUT2D eigenvalue weighted by atomic mass is 35.5. The number of halogens is 3. The number of benzene rings is 1. The zero-order valence-electron chi connectivity index (χ0n) is 13.7. The Morgan fingerprint density at radius 3 is 2.27 bits per heavy atom. The normalized spacial score (nSPS) is 17.1. The number of nitrogens with zero attached hydrogens (tertiary/aromatic N) is 1. The van der Waals surface area contributed by atoms with Gasteiger partial charge in [-0.3, -0.25) is 4.90 Å². The van der Waals surface area contributed by atoms with Crippen molar-refractivity contribution in [3.8, 4) is 5.75 Å². The van der Waals surface area contributed by atoms with Crippen LogP contribution in [0.3, 0.4) is 0 Å². The van der Waals surface area contributed by atoms with Gasteiger partial charge in [0.05, 0.1) is 7.11 Å². The Labute approximate surface area is 145 Å². The molecule has 0 aliphatic carbocycles. The molecule has 1 atom stereocenters. The Morgan fingerprint density at radius 2 is 1.77 bits per heavy atom. The smallest absolute Gasteiger partial charge is 0.126 e. The van der Waals surface area contributed by atoms with Gasteiger partial charge in [0, 0.05) is 43.9 Å². The Balaban J connectivity index is 0.00000220. The summed E-state index contributed by atoms with van der Waals surface area (Å²) >= 11 is 0. The van der Waals surface area contributed by atoms with Crippen molar-refractivity contribution in [3.63, 3.8) is 0 Å². The van der Waals surface area contributed by atoms with E-state index in [9.17, 15) is 4.39 Å². The van der Waals surface area contributed by atoms with Gasteiger partial charge in [-0.15, -0.1) is 24.8 Å². The third-order valence-electron chi connectivity index (χ3n) is 3.83. The summed E-state index contributed by atoms with van der Waals surface area (Å²) in [4.78, 5) is 2.46. The van der Waals surface area contributed by atoms with Gasteiger partial charge in [0.1, 0.15) is 11.6 Å². The van der Waals surface area contributed by atoms with Gasteiger partial charge in [-0.25, -0.2) is 4.39 Å². The molecular formula is C16H27Cl2FN2O. The van der Waals surface area contributed by atoms with Gasteiger partial charge in [-0.2, -0.15) is 0 Å². The average Bonchev–Trinajstić information content (AvgIpc) is 2.40. The molecule has 1 heterocycles. The first-order valence-corrected chi connectivity index (χ1v) is 7.21.